The molecule has 0 spiro atoms. The van der Waals surface area contributed by atoms with Crippen LogP contribution in [0, 0.1) is 6.92 Å². The van der Waals surface area contributed by atoms with E-state index in [0.29, 0.717) is 22.4 Å². The highest BCUT2D eigenvalue weighted by Gasteiger charge is 2.42. The van der Waals surface area contributed by atoms with E-state index in [-0.39, 0.29) is 23.3 Å². The largest absolute Gasteiger partial charge is 0.322 e. The lowest BCUT2D eigenvalue weighted by atomic mass is 9.86. The van der Waals surface area contributed by atoms with Crippen molar-refractivity contribution in [3.8, 4) is 0 Å². The molecule has 0 fully saturated rings. The second kappa shape index (κ2) is 8.70. The normalized spacial score (nSPS) is 14.7. The molecule has 0 aliphatic carbocycles. The third-order valence-electron chi connectivity index (χ3n) is 6.23. The first-order valence-electron chi connectivity index (χ1n) is 10.9. The van der Waals surface area contributed by atoms with Gasteiger partial charge in [-0.15, -0.1) is 0 Å². The maximum absolute atomic E-state index is 12.9. The number of nitrogens with zero attached hydrogens (tertiary/aromatic N) is 1. The Morgan fingerprint density at radius 2 is 1.68 bits per heavy atom. The molecule has 34 heavy (non-hydrogen) atoms. The van der Waals surface area contributed by atoms with E-state index < -0.39 is 15.4 Å². The molecule has 0 aromatic heterocycles. The van der Waals surface area contributed by atoms with Crippen LogP contribution in [0.2, 0.25) is 0 Å². The van der Waals surface area contributed by atoms with Crippen molar-refractivity contribution in [2.24, 2.45) is 0 Å². The molecule has 0 bridgehead atoms. The summed E-state index contributed by atoms with van der Waals surface area (Å²) in [6.45, 7) is 5.57. The van der Waals surface area contributed by atoms with Gasteiger partial charge in [0.1, 0.15) is 0 Å². The summed E-state index contributed by atoms with van der Waals surface area (Å²) in [5.74, 6) is -0.307. The molecule has 176 valence electrons. The van der Waals surface area contributed by atoms with Gasteiger partial charge in [-0.2, -0.15) is 0 Å². The van der Waals surface area contributed by atoms with Crippen LogP contribution in [-0.2, 0) is 26.8 Å². The van der Waals surface area contributed by atoms with Gasteiger partial charge in [0.05, 0.1) is 10.3 Å². The first kappa shape index (κ1) is 23.7. The van der Waals surface area contributed by atoms with E-state index in [1.165, 1.54) is 6.07 Å². The minimum absolute atomic E-state index is 0.0708. The lowest BCUT2D eigenvalue weighted by molar-refractivity contribution is -0.121. The van der Waals surface area contributed by atoms with Crippen LogP contribution in [0.15, 0.2) is 71.6 Å². The smallest absolute Gasteiger partial charge is 0.255 e. The number of likely N-dealkylation sites (N-methyl/N-ethyl adjacent to an activating group) is 1. The fourth-order valence-corrected chi connectivity index (χ4v) is 5.11. The predicted molar refractivity (Wildman–Crippen MR) is 132 cm³/mol. The highest BCUT2D eigenvalue weighted by atomic mass is 32.2. The van der Waals surface area contributed by atoms with Crippen LogP contribution in [0.4, 0.5) is 11.4 Å². The molecule has 3 aromatic rings. The Morgan fingerprint density at radius 1 is 1.00 bits per heavy atom. The van der Waals surface area contributed by atoms with Crippen LogP contribution < -0.4 is 14.9 Å². The van der Waals surface area contributed by atoms with Gasteiger partial charge in [0, 0.05) is 30.5 Å². The van der Waals surface area contributed by atoms with Gasteiger partial charge in [-0.05, 0) is 73.9 Å². The molecule has 0 saturated carbocycles. The SMILES string of the molecule is Cc1ccccc1NC(=O)c1ccc(CNS(=O)(=O)c2ccc3c(c2)C(C)(C)C(=O)N3C)cc1. The highest BCUT2D eigenvalue weighted by molar-refractivity contribution is 7.89. The summed E-state index contributed by atoms with van der Waals surface area (Å²) in [4.78, 5) is 26.7. The standard InChI is InChI=1S/C26H27N3O4S/c1-17-7-5-6-8-22(17)28-24(30)19-11-9-18(10-12-19)16-27-34(32,33)20-13-14-23-21(15-20)26(2,3)25(31)29(23)4/h5-15,27H,16H2,1-4H3,(H,28,30). The van der Waals surface area contributed by atoms with Crippen molar-refractivity contribution in [2.75, 3.05) is 17.3 Å². The van der Waals surface area contributed by atoms with Gasteiger partial charge in [0.2, 0.25) is 15.9 Å². The second-order valence-electron chi connectivity index (χ2n) is 8.96. The topological polar surface area (TPSA) is 95.6 Å². The molecule has 0 radical (unpaired) electrons. The number of anilines is 2. The van der Waals surface area contributed by atoms with Crippen LogP contribution in [0.1, 0.15) is 40.9 Å². The first-order valence-corrected chi connectivity index (χ1v) is 12.4. The van der Waals surface area contributed by atoms with Gasteiger partial charge in [0.15, 0.2) is 0 Å². The maximum atomic E-state index is 12.9. The number of fused-ring (bicyclic) bond motifs is 1. The molecule has 0 saturated heterocycles. The number of nitrogens with one attached hydrogen (secondary N) is 2. The predicted octanol–water partition coefficient (Wildman–Crippen LogP) is 3.98. The van der Waals surface area contributed by atoms with Gasteiger partial charge >= 0.3 is 0 Å². The monoisotopic (exact) mass is 477 g/mol. The number of hydrogen-bond acceptors (Lipinski definition) is 4. The Bertz CT molecular complexity index is 1380. The average Bonchev–Trinajstić information content (AvgIpc) is 2.99. The van der Waals surface area contributed by atoms with Gasteiger partial charge in [-0.3, -0.25) is 9.59 Å². The van der Waals surface area contributed by atoms with E-state index in [2.05, 4.69) is 10.0 Å². The summed E-state index contributed by atoms with van der Waals surface area (Å²) in [6.07, 6.45) is 0. The van der Waals surface area contributed by atoms with Crippen molar-refractivity contribution in [2.45, 2.75) is 37.6 Å². The maximum Gasteiger partial charge on any atom is 0.255 e. The van der Waals surface area contributed by atoms with Crippen molar-refractivity contribution in [1.82, 2.24) is 4.72 Å². The van der Waals surface area contributed by atoms with Crippen molar-refractivity contribution in [1.29, 1.82) is 0 Å². The van der Waals surface area contributed by atoms with Crippen molar-refractivity contribution >= 4 is 33.2 Å². The summed E-state index contributed by atoms with van der Waals surface area (Å²) >= 11 is 0. The zero-order chi connectivity index (χ0) is 24.7. The number of hydrogen-bond donors (Lipinski definition) is 2. The second-order valence-corrected chi connectivity index (χ2v) is 10.7. The minimum atomic E-state index is -3.80. The number of aryl methyl sites for hydroxylation is 1. The Morgan fingerprint density at radius 3 is 2.35 bits per heavy atom. The lowest BCUT2D eigenvalue weighted by Gasteiger charge is -2.17. The van der Waals surface area contributed by atoms with Gasteiger partial charge < -0.3 is 10.2 Å². The van der Waals surface area contributed by atoms with E-state index in [1.807, 2.05) is 31.2 Å². The van der Waals surface area contributed by atoms with Crippen molar-refractivity contribution in [3.63, 3.8) is 0 Å². The third-order valence-corrected chi connectivity index (χ3v) is 7.63. The molecule has 8 heteroatoms. The molecular weight excluding hydrogens is 450 g/mol. The van der Waals surface area contributed by atoms with Gasteiger partial charge in [-0.25, -0.2) is 13.1 Å². The van der Waals surface area contributed by atoms with Crippen molar-refractivity contribution in [3.05, 3.63) is 89.0 Å². The molecule has 0 atom stereocenters. The number of para-hydroxylation sites is 1. The van der Waals surface area contributed by atoms with Crippen LogP contribution in [0.25, 0.3) is 0 Å². The zero-order valence-corrected chi connectivity index (χ0v) is 20.4. The molecule has 0 unspecified atom stereocenters. The van der Waals surface area contributed by atoms with E-state index >= 15 is 0 Å². The molecular formula is C26H27N3O4S. The Balaban J connectivity index is 1.45. The number of carbonyl (C=O) groups is 2. The molecule has 2 amide bonds. The summed E-state index contributed by atoms with van der Waals surface area (Å²) in [6, 6.07) is 19.0. The minimum Gasteiger partial charge on any atom is -0.322 e. The van der Waals surface area contributed by atoms with Crippen LogP contribution in [0.5, 0.6) is 0 Å². The first-order chi connectivity index (χ1) is 16.0. The van der Waals surface area contributed by atoms with Crippen LogP contribution in [-0.4, -0.2) is 27.3 Å². The summed E-state index contributed by atoms with van der Waals surface area (Å²) in [5.41, 5.74) is 3.52. The number of rotatable bonds is 6. The molecule has 2 N–H and O–H groups in total. The Labute approximate surface area is 199 Å². The Hall–Kier alpha value is -3.49. The van der Waals surface area contributed by atoms with Gasteiger partial charge in [-0.1, -0.05) is 30.3 Å². The highest BCUT2D eigenvalue weighted by Crippen LogP contribution is 2.41. The number of amides is 2. The van der Waals surface area contributed by atoms with Crippen LogP contribution >= 0.6 is 0 Å². The number of carbonyl (C=O) groups excluding carboxylic acids is 2. The number of sulfonamides is 1. The molecule has 1 heterocycles. The lowest BCUT2D eigenvalue weighted by Crippen LogP contribution is -2.33. The fraction of sp³-hybridized carbons (Fsp3) is 0.231. The number of benzene rings is 3. The molecule has 1 aliphatic heterocycles. The average molecular weight is 478 g/mol. The van der Waals surface area contributed by atoms with E-state index in [0.717, 1.165) is 11.3 Å². The summed E-state index contributed by atoms with van der Waals surface area (Å²) in [5, 5.41) is 2.88. The molecule has 3 aromatic carbocycles. The van der Waals surface area contributed by atoms with Gasteiger partial charge in [0.25, 0.3) is 5.91 Å². The fourth-order valence-electron chi connectivity index (χ4n) is 4.06. The van der Waals surface area contributed by atoms with Crippen LogP contribution in [0.3, 0.4) is 0 Å². The van der Waals surface area contributed by atoms with Crippen molar-refractivity contribution < 1.29 is 18.0 Å². The third kappa shape index (κ3) is 4.34. The molecule has 4 rings (SSSR count). The quantitative estimate of drug-likeness (QED) is 0.561. The summed E-state index contributed by atoms with van der Waals surface area (Å²) in [7, 11) is -2.11. The summed E-state index contributed by atoms with van der Waals surface area (Å²) < 4.78 is 28.4. The zero-order valence-electron chi connectivity index (χ0n) is 19.5. The van der Waals surface area contributed by atoms with E-state index in [1.54, 1.807) is 62.2 Å². The van der Waals surface area contributed by atoms with E-state index in [4.69, 9.17) is 0 Å². The Kier molecular flexibility index (Phi) is 6.05. The van der Waals surface area contributed by atoms with E-state index in [9.17, 15) is 18.0 Å². The molecule has 1 aliphatic rings. The molecule has 7 nitrogen and oxygen atoms in total.